The van der Waals surface area contributed by atoms with Crippen LogP contribution in [-0.2, 0) is 4.79 Å². The van der Waals surface area contributed by atoms with Crippen LogP contribution in [0.5, 0.6) is 0 Å². The van der Waals surface area contributed by atoms with Gasteiger partial charge in [0.25, 0.3) is 0 Å². The summed E-state index contributed by atoms with van der Waals surface area (Å²) in [7, 11) is 2.21. The van der Waals surface area contributed by atoms with Crippen molar-refractivity contribution in [3.05, 3.63) is 0 Å². The van der Waals surface area contributed by atoms with Crippen LogP contribution in [0.1, 0.15) is 65.2 Å². The number of hydrogen-bond donors (Lipinski definition) is 2. The number of aliphatic imine (C=N–C) groups is 1. The topological polar surface area (TPSA) is 60.0 Å². The van der Waals surface area contributed by atoms with E-state index in [4.69, 9.17) is 4.99 Å². The van der Waals surface area contributed by atoms with Crippen molar-refractivity contribution in [2.75, 3.05) is 33.2 Å². The number of carbonyl (C=O) groups is 1. The zero-order valence-electron chi connectivity index (χ0n) is 18.0. The van der Waals surface area contributed by atoms with Gasteiger partial charge in [0.1, 0.15) is 0 Å². The lowest BCUT2D eigenvalue weighted by Gasteiger charge is -2.26. The third-order valence-corrected chi connectivity index (χ3v) is 6.47. The van der Waals surface area contributed by atoms with Gasteiger partial charge >= 0.3 is 0 Å². The van der Waals surface area contributed by atoms with E-state index in [1.807, 2.05) is 0 Å². The van der Waals surface area contributed by atoms with Gasteiger partial charge in [-0.15, -0.1) is 24.0 Å². The van der Waals surface area contributed by atoms with Gasteiger partial charge in [-0.05, 0) is 53.0 Å². The fourth-order valence-corrected chi connectivity index (χ4v) is 4.39. The zero-order chi connectivity index (χ0) is 19.2. The van der Waals surface area contributed by atoms with Gasteiger partial charge in [-0.1, -0.05) is 19.3 Å². The van der Waals surface area contributed by atoms with Gasteiger partial charge in [0.2, 0.25) is 5.91 Å². The number of nitrogens with zero attached hydrogens (tertiary/aromatic N) is 3. The number of guanidine groups is 1. The summed E-state index contributed by atoms with van der Waals surface area (Å²) in [4.78, 5) is 22.1. The summed E-state index contributed by atoms with van der Waals surface area (Å²) < 4.78 is 0. The Bertz CT molecular complexity index is 519. The molecule has 1 amide bonds. The smallest absolute Gasteiger partial charge is 0.225 e. The van der Waals surface area contributed by atoms with Crippen LogP contribution in [0.2, 0.25) is 0 Å². The second-order valence-electron chi connectivity index (χ2n) is 8.71. The molecule has 0 spiro atoms. The third kappa shape index (κ3) is 6.75. The predicted octanol–water partition coefficient (Wildman–Crippen LogP) is 2.82. The Kier molecular flexibility index (Phi) is 9.80. The molecule has 0 aromatic rings. The minimum Gasteiger partial charge on any atom is -0.357 e. The van der Waals surface area contributed by atoms with Crippen LogP contribution in [0.3, 0.4) is 0 Å². The summed E-state index contributed by atoms with van der Waals surface area (Å²) in [6.45, 7) is 7.72. The van der Waals surface area contributed by atoms with E-state index in [1.165, 1.54) is 32.1 Å². The number of nitrogens with one attached hydrogen (secondary N) is 2. The minimum atomic E-state index is 0. The first-order valence-electron chi connectivity index (χ1n) is 11.1. The van der Waals surface area contributed by atoms with Crippen molar-refractivity contribution in [1.82, 2.24) is 20.4 Å². The van der Waals surface area contributed by atoms with Crippen LogP contribution in [0, 0.1) is 5.92 Å². The summed E-state index contributed by atoms with van der Waals surface area (Å²) in [6.07, 6.45) is 9.58. The van der Waals surface area contributed by atoms with Crippen molar-refractivity contribution in [3.63, 3.8) is 0 Å². The molecule has 0 radical (unpaired) electrons. The van der Waals surface area contributed by atoms with E-state index in [0.717, 1.165) is 57.4 Å². The summed E-state index contributed by atoms with van der Waals surface area (Å²) in [5.41, 5.74) is 0. The van der Waals surface area contributed by atoms with E-state index in [9.17, 15) is 4.79 Å². The molecule has 1 heterocycles. The second kappa shape index (κ2) is 11.6. The monoisotopic (exact) mass is 505 g/mol. The molecule has 3 aliphatic rings. The largest absolute Gasteiger partial charge is 0.357 e. The molecule has 0 bridgehead atoms. The molecule has 2 saturated carbocycles. The van der Waals surface area contributed by atoms with Crippen LogP contribution in [0.4, 0.5) is 0 Å². The number of likely N-dealkylation sites (N-methyl/N-ethyl adjacent to an activating group) is 1. The normalized spacial score (nSPS) is 24.8. The second-order valence-corrected chi connectivity index (χ2v) is 8.71. The predicted molar refractivity (Wildman–Crippen MR) is 126 cm³/mol. The highest BCUT2D eigenvalue weighted by molar-refractivity contribution is 14.0. The average molecular weight is 505 g/mol. The molecular formula is C21H40IN5O. The van der Waals surface area contributed by atoms with E-state index >= 15 is 0 Å². The van der Waals surface area contributed by atoms with Gasteiger partial charge < -0.3 is 15.5 Å². The highest BCUT2D eigenvalue weighted by atomic mass is 127. The van der Waals surface area contributed by atoms with E-state index in [2.05, 4.69) is 41.3 Å². The maximum absolute atomic E-state index is 12.8. The summed E-state index contributed by atoms with van der Waals surface area (Å²) in [5, 5.41) is 6.94. The fraction of sp³-hybridized carbons (Fsp3) is 0.905. The van der Waals surface area contributed by atoms with Crippen LogP contribution in [0.25, 0.3) is 0 Å². The highest BCUT2D eigenvalue weighted by Gasteiger charge is 2.32. The summed E-state index contributed by atoms with van der Waals surface area (Å²) in [6, 6.07) is 1.53. The van der Waals surface area contributed by atoms with Gasteiger partial charge in [0.15, 0.2) is 5.96 Å². The average Bonchev–Trinajstić information content (AvgIpc) is 3.44. The first-order chi connectivity index (χ1) is 13.1. The Morgan fingerprint density at radius 2 is 1.89 bits per heavy atom. The summed E-state index contributed by atoms with van der Waals surface area (Å²) >= 11 is 0. The van der Waals surface area contributed by atoms with Gasteiger partial charge in [-0.3, -0.25) is 14.7 Å². The first-order valence-corrected chi connectivity index (χ1v) is 11.1. The lowest BCUT2D eigenvalue weighted by atomic mass is 9.88. The number of halogens is 1. The van der Waals surface area contributed by atoms with Crippen molar-refractivity contribution < 1.29 is 4.79 Å². The minimum absolute atomic E-state index is 0. The maximum atomic E-state index is 12.8. The van der Waals surface area contributed by atoms with Crippen LogP contribution < -0.4 is 10.6 Å². The quantitative estimate of drug-likeness (QED) is 0.318. The van der Waals surface area contributed by atoms with Crippen LogP contribution in [0.15, 0.2) is 4.99 Å². The van der Waals surface area contributed by atoms with Crippen molar-refractivity contribution in [1.29, 1.82) is 0 Å². The molecule has 1 saturated heterocycles. The van der Waals surface area contributed by atoms with Crippen molar-refractivity contribution in [2.45, 2.75) is 83.3 Å². The standard InChI is InChI=1S/C21H39N5O.HI/c1-4-22-21(23-14-16(2)25(3)19-10-11-19)24-18-12-13-26(15-18)20(27)17-8-6-5-7-9-17;/h16-19H,4-15H2,1-3H3,(H2,22,23,24);1H. The number of likely N-dealkylation sites (tertiary alicyclic amines) is 1. The zero-order valence-corrected chi connectivity index (χ0v) is 20.3. The number of carbonyl (C=O) groups excluding carboxylic acids is 1. The molecular weight excluding hydrogens is 465 g/mol. The Hall–Kier alpha value is -0.570. The van der Waals surface area contributed by atoms with Crippen molar-refractivity contribution in [3.8, 4) is 0 Å². The Morgan fingerprint density at radius 3 is 2.54 bits per heavy atom. The maximum Gasteiger partial charge on any atom is 0.225 e. The molecule has 162 valence electrons. The molecule has 3 fully saturated rings. The SMILES string of the molecule is CCNC(=NCC(C)N(C)C1CC1)NC1CCN(C(=O)C2CCCCC2)C1.I. The highest BCUT2D eigenvalue weighted by Crippen LogP contribution is 2.27. The molecule has 0 aromatic carbocycles. The molecule has 2 unspecified atom stereocenters. The Labute approximate surface area is 188 Å². The van der Waals surface area contributed by atoms with Crippen LogP contribution in [-0.4, -0.2) is 73.0 Å². The molecule has 2 N–H and O–H groups in total. The first kappa shape index (κ1) is 23.7. The van der Waals surface area contributed by atoms with Gasteiger partial charge in [0, 0.05) is 43.7 Å². The van der Waals surface area contributed by atoms with E-state index in [-0.39, 0.29) is 29.9 Å². The molecule has 3 rings (SSSR count). The molecule has 6 nitrogen and oxygen atoms in total. The van der Waals surface area contributed by atoms with Gasteiger partial charge in [-0.2, -0.15) is 0 Å². The molecule has 1 aliphatic heterocycles. The molecule has 28 heavy (non-hydrogen) atoms. The molecule has 0 aromatic heterocycles. The lowest BCUT2D eigenvalue weighted by Crippen LogP contribution is -2.46. The van der Waals surface area contributed by atoms with Gasteiger partial charge in [0.05, 0.1) is 6.54 Å². The lowest BCUT2D eigenvalue weighted by molar-refractivity contribution is -0.135. The van der Waals surface area contributed by atoms with E-state index in [1.54, 1.807) is 0 Å². The van der Waals surface area contributed by atoms with Gasteiger partial charge in [-0.25, -0.2) is 0 Å². The Balaban J connectivity index is 0.00000280. The number of amides is 1. The van der Waals surface area contributed by atoms with E-state index < -0.39 is 0 Å². The molecule has 2 aliphatic carbocycles. The molecule has 2 atom stereocenters. The van der Waals surface area contributed by atoms with Crippen LogP contribution >= 0.6 is 24.0 Å². The fourth-order valence-electron chi connectivity index (χ4n) is 4.39. The van der Waals surface area contributed by atoms with E-state index in [0.29, 0.717) is 18.0 Å². The van der Waals surface area contributed by atoms with Crippen molar-refractivity contribution >= 4 is 35.8 Å². The number of hydrogen-bond acceptors (Lipinski definition) is 3. The number of rotatable bonds is 7. The third-order valence-electron chi connectivity index (χ3n) is 6.47. The Morgan fingerprint density at radius 1 is 1.18 bits per heavy atom. The van der Waals surface area contributed by atoms with Crippen molar-refractivity contribution in [2.24, 2.45) is 10.9 Å². The molecule has 7 heteroatoms. The summed E-state index contributed by atoms with van der Waals surface area (Å²) in [5.74, 6) is 1.56.